The van der Waals surface area contributed by atoms with Crippen LogP contribution in [0.4, 0.5) is 5.69 Å². The van der Waals surface area contributed by atoms with Crippen LogP contribution < -0.4 is 5.32 Å². The van der Waals surface area contributed by atoms with Crippen molar-refractivity contribution in [2.24, 2.45) is 0 Å². The third kappa shape index (κ3) is 3.41. The number of anilines is 1. The summed E-state index contributed by atoms with van der Waals surface area (Å²) in [5, 5.41) is 4.11. The molecule has 0 aliphatic carbocycles. The predicted molar refractivity (Wildman–Crippen MR) is 80.6 cm³/mol. The molecule has 0 fully saturated rings. The minimum atomic E-state index is -0.265. The number of halogens is 3. The lowest BCUT2D eigenvalue weighted by atomic mass is 10.2. The zero-order chi connectivity index (χ0) is 14.0. The van der Waals surface area contributed by atoms with E-state index < -0.39 is 0 Å². The summed E-state index contributed by atoms with van der Waals surface area (Å²) in [4.78, 5) is 12.0. The van der Waals surface area contributed by atoms with Crippen LogP contribution in [0.25, 0.3) is 0 Å². The maximum atomic E-state index is 12.0. The molecular weight excluding hydrogens is 305 g/mol. The number of carbonyl (C=O) groups excluding carboxylic acids is 1. The van der Waals surface area contributed by atoms with Gasteiger partial charge in [0.15, 0.2) is 0 Å². The maximum absolute atomic E-state index is 12.0. The summed E-state index contributed by atoms with van der Waals surface area (Å²) in [6.45, 7) is 1.90. The van der Waals surface area contributed by atoms with Gasteiger partial charge in [-0.05, 0) is 42.8 Å². The van der Waals surface area contributed by atoms with Crippen LogP contribution in [0, 0.1) is 6.92 Å². The van der Waals surface area contributed by atoms with E-state index in [1.54, 1.807) is 24.3 Å². The minimum Gasteiger partial charge on any atom is -0.322 e. The van der Waals surface area contributed by atoms with Crippen LogP contribution in [0.2, 0.25) is 15.1 Å². The number of nitrogens with one attached hydrogen (secondary N) is 1. The lowest BCUT2D eigenvalue weighted by Gasteiger charge is -2.07. The second-order valence-corrected chi connectivity index (χ2v) is 5.27. The van der Waals surface area contributed by atoms with Crippen molar-refractivity contribution in [3.63, 3.8) is 0 Å². The molecule has 19 heavy (non-hydrogen) atoms. The van der Waals surface area contributed by atoms with E-state index in [9.17, 15) is 4.79 Å². The molecule has 0 spiro atoms. The summed E-state index contributed by atoms with van der Waals surface area (Å²) >= 11 is 17.7. The molecule has 0 radical (unpaired) electrons. The predicted octanol–water partition coefficient (Wildman–Crippen LogP) is 5.21. The van der Waals surface area contributed by atoms with Gasteiger partial charge in [0.25, 0.3) is 5.91 Å². The summed E-state index contributed by atoms with van der Waals surface area (Å²) < 4.78 is 0. The van der Waals surface area contributed by atoms with Crippen LogP contribution in [0.1, 0.15) is 15.9 Å². The van der Waals surface area contributed by atoms with Gasteiger partial charge < -0.3 is 5.32 Å². The van der Waals surface area contributed by atoms with E-state index >= 15 is 0 Å². The second kappa shape index (κ2) is 5.83. The molecular formula is C14H10Cl3NO. The third-order valence-corrected chi connectivity index (χ3v) is 3.76. The molecule has 1 amide bonds. The number of aryl methyl sites for hydroxylation is 1. The van der Waals surface area contributed by atoms with Gasteiger partial charge in [0, 0.05) is 16.3 Å². The van der Waals surface area contributed by atoms with Crippen molar-refractivity contribution in [1.82, 2.24) is 0 Å². The number of hydrogen-bond acceptors (Lipinski definition) is 1. The van der Waals surface area contributed by atoms with Crippen molar-refractivity contribution in [3.8, 4) is 0 Å². The third-order valence-electron chi connectivity index (χ3n) is 2.61. The first-order chi connectivity index (χ1) is 8.97. The molecule has 0 aromatic heterocycles. The zero-order valence-corrected chi connectivity index (χ0v) is 12.3. The lowest BCUT2D eigenvalue weighted by molar-refractivity contribution is 0.102. The highest BCUT2D eigenvalue weighted by Gasteiger charge is 2.09. The molecule has 0 saturated carbocycles. The Morgan fingerprint density at radius 1 is 0.947 bits per heavy atom. The van der Waals surface area contributed by atoms with Crippen LogP contribution >= 0.6 is 34.8 Å². The maximum Gasteiger partial charge on any atom is 0.255 e. The van der Waals surface area contributed by atoms with Crippen molar-refractivity contribution in [1.29, 1.82) is 0 Å². The smallest absolute Gasteiger partial charge is 0.255 e. The summed E-state index contributed by atoms with van der Waals surface area (Å²) in [5.74, 6) is -0.265. The summed E-state index contributed by atoms with van der Waals surface area (Å²) in [5.41, 5.74) is 2.02. The fraction of sp³-hybridized carbons (Fsp3) is 0.0714. The Kier molecular flexibility index (Phi) is 4.35. The molecule has 0 atom stereocenters. The molecule has 1 N–H and O–H groups in total. The van der Waals surface area contributed by atoms with Crippen LogP contribution in [-0.4, -0.2) is 5.91 Å². The SMILES string of the molecule is Cc1ccc(NC(=O)c2ccc(Cl)c(Cl)c2)cc1Cl. The Labute approximate surface area is 126 Å². The van der Waals surface area contributed by atoms with Gasteiger partial charge in [-0.1, -0.05) is 40.9 Å². The molecule has 2 nitrogen and oxygen atoms in total. The molecule has 0 saturated heterocycles. The first kappa shape index (κ1) is 14.2. The Balaban J connectivity index is 2.20. The minimum absolute atomic E-state index is 0.265. The van der Waals surface area contributed by atoms with Crippen molar-refractivity contribution in [2.75, 3.05) is 5.32 Å². The standard InChI is InChI=1S/C14H10Cl3NO/c1-8-2-4-10(7-12(8)16)18-14(19)9-3-5-11(15)13(17)6-9/h2-7H,1H3,(H,18,19). The molecule has 0 unspecified atom stereocenters. The Bertz CT molecular complexity index is 641. The summed E-state index contributed by atoms with van der Waals surface area (Å²) in [7, 11) is 0. The van der Waals surface area contributed by atoms with Crippen molar-refractivity contribution in [3.05, 3.63) is 62.6 Å². The summed E-state index contributed by atoms with van der Waals surface area (Å²) in [6, 6.07) is 10.0. The first-order valence-corrected chi connectivity index (χ1v) is 6.63. The molecule has 2 aromatic carbocycles. The molecule has 2 rings (SSSR count). The van der Waals surface area contributed by atoms with Gasteiger partial charge in [0.2, 0.25) is 0 Å². The Morgan fingerprint density at radius 2 is 1.68 bits per heavy atom. The van der Waals surface area contributed by atoms with Gasteiger partial charge in [-0.3, -0.25) is 4.79 Å². The Hall–Kier alpha value is -1.22. The second-order valence-electron chi connectivity index (χ2n) is 4.05. The van der Waals surface area contributed by atoms with Crippen molar-refractivity contribution in [2.45, 2.75) is 6.92 Å². The lowest BCUT2D eigenvalue weighted by Crippen LogP contribution is -2.11. The zero-order valence-electron chi connectivity index (χ0n) is 10.0. The van der Waals surface area contributed by atoms with Crippen LogP contribution in [0.5, 0.6) is 0 Å². The van der Waals surface area contributed by atoms with Crippen molar-refractivity contribution < 1.29 is 4.79 Å². The van der Waals surface area contributed by atoms with E-state index in [-0.39, 0.29) is 5.91 Å². The van der Waals surface area contributed by atoms with Gasteiger partial charge in [0.05, 0.1) is 10.0 Å². The van der Waals surface area contributed by atoms with E-state index in [1.165, 1.54) is 6.07 Å². The molecule has 0 bridgehead atoms. The Morgan fingerprint density at radius 3 is 2.32 bits per heavy atom. The van der Waals surface area contributed by atoms with Gasteiger partial charge in [-0.25, -0.2) is 0 Å². The van der Waals surface area contributed by atoms with Crippen LogP contribution in [-0.2, 0) is 0 Å². The number of amides is 1. The number of hydrogen-bond donors (Lipinski definition) is 1. The van der Waals surface area contributed by atoms with Crippen LogP contribution in [0.15, 0.2) is 36.4 Å². The molecule has 98 valence electrons. The number of carbonyl (C=O) groups is 1. The highest BCUT2D eigenvalue weighted by atomic mass is 35.5. The molecule has 2 aromatic rings. The molecule has 0 aliphatic rings. The highest BCUT2D eigenvalue weighted by Crippen LogP contribution is 2.24. The van der Waals surface area contributed by atoms with Crippen LogP contribution in [0.3, 0.4) is 0 Å². The van der Waals surface area contributed by atoms with Gasteiger partial charge in [0.1, 0.15) is 0 Å². The largest absolute Gasteiger partial charge is 0.322 e. The monoisotopic (exact) mass is 313 g/mol. The molecule has 0 heterocycles. The first-order valence-electron chi connectivity index (χ1n) is 5.50. The highest BCUT2D eigenvalue weighted by molar-refractivity contribution is 6.42. The van der Waals surface area contributed by atoms with E-state index in [0.717, 1.165) is 5.56 Å². The van der Waals surface area contributed by atoms with Gasteiger partial charge in [-0.15, -0.1) is 0 Å². The quantitative estimate of drug-likeness (QED) is 0.810. The van der Waals surface area contributed by atoms with E-state index in [1.807, 2.05) is 13.0 Å². The number of rotatable bonds is 2. The fourth-order valence-electron chi connectivity index (χ4n) is 1.51. The van der Waals surface area contributed by atoms with Crippen molar-refractivity contribution >= 4 is 46.4 Å². The topological polar surface area (TPSA) is 29.1 Å². The van der Waals surface area contributed by atoms with E-state index in [4.69, 9.17) is 34.8 Å². The average Bonchev–Trinajstić information content (AvgIpc) is 2.37. The fourth-order valence-corrected chi connectivity index (χ4v) is 1.99. The van der Waals surface area contributed by atoms with Gasteiger partial charge >= 0.3 is 0 Å². The molecule has 0 aliphatic heterocycles. The summed E-state index contributed by atoms with van der Waals surface area (Å²) in [6.07, 6.45) is 0. The normalized spacial score (nSPS) is 10.3. The number of benzene rings is 2. The van der Waals surface area contributed by atoms with E-state index in [0.29, 0.717) is 26.3 Å². The molecule has 5 heteroatoms. The van der Waals surface area contributed by atoms with Gasteiger partial charge in [-0.2, -0.15) is 0 Å². The van der Waals surface area contributed by atoms with E-state index in [2.05, 4.69) is 5.32 Å². The average molecular weight is 315 g/mol.